The van der Waals surface area contributed by atoms with Crippen LogP contribution in [0.1, 0.15) is 50.4 Å². The minimum atomic E-state index is 0.0666. The van der Waals surface area contributed by atoms with Crippen LogP contribution < -0.4 is 11.1 Å². The van der Waals surface area contributed by atoms with Gasteiger partial charge >= 0.3 is 0 Å². The summed E-state index contributed by atoms with van der Waals surface area (Å²) in [7, 11) is 0. The van der Waals surface area contributed by atoms with E-state index < -0.39 is 0 Å². The van der Waals surface area contributed by atoms with E-state index in [0.29, 0.717) is 18.9 Å². The van der Waals surface area contributed by atoms with Crippen LogP contribution in [0.4, 0.5) is 5.69 Å². The molecule has 1 amide bonds. The maximum absolute atomic E-state index is 12.0. The van der Waals surface area contributed by atoms with Gasteiger partial charge < -0.3 is 11.1 Å². The van der Waals surface area contributed by atoms with Crippen LogP contribution in [0.2, 0.25) is 0 Å². The minimum Gasteiger partial charge on any atom is -0.330 e. The van der Waals surface area contributed by atoms with Crippen molar-refractivity contribution in [2.75, 3.05) is 11.9 Å². The number of carbonyl (C=O) groups is 1. The van der Waals surface area contributed by atoms with E-state index in [1.54, 1.807) is 0 Å². The van der Waals surface area contributed by atoms with Crippen molar-refractivity contribution in [2.24, 2.45) is 11.7 Å². The second-order valence-electron chi connectivity index (χ2n) is 5.40. The molecule has 0 fully saturated rings. The summed E-state index contributed by atoms with van der Waals surface area (Å²) in [5, 5.41) is 2.94. The third-order valence-corrected chi connectivity index (χ3v) is 3.55. The predicted molar refractivity (Wildman–Crippen MR) is 83.6 cm³/mol. The Kier molecular flexibility index (Phi) is 7.23. The van der Waals surface area contributed by atoms with Gasteiger partial charge in [0.05, 0.1) is 11.4 Å². The molecule has 0 saturated heterocycles. The molecular formula is C16H27N3O. The van der Waals surface area contributed by atoms with Crippen LogP contribution in [0.3, 0.4) is 0 Å². The highest BCUT2D eigenvalue weighted by Crippen LogP contribution is 2.18. The molecule has 1 rings (SSSR count). The Morgan fingerprint density at radius 2 is 2.05 bits per heavy atom. The monoisotopic (exact) mass is 277 g/mol. The average Bonchev–Trinajstić information content (AvgIpc) is 2.40. The zero-order chi connectivity index (χ0) is 15.0. The summed E-state index contributed by atoms with van der Waals surface area (Å²) < 4.78 is 0. The second-order valence-corrected chi connectivity index (χ2v) is 5.40. The van der Waals surface area contributed by atoms with Crippen molar-refractivity contribution in [3.05, 3.63) is 23.5 Å². The van der Waals surface area contributed by atoms with Gasteiger partial charge in [0, 0.05) is 12.1 Å². The SMILES string of the molecule is CCCC(CCN)CCC(=O)Nc1ccc(C)nc1C. The number of nitrogens with zero attached hydrogens (tertiary/aromatic N) is 1. The maximum atomic E-state index is 12.0. The zero-order valence-electron chi connectivity index (χ0n) is 12.9. The first kappa shape index (κ1) is 16.6. The van der Waals surface area contributed by atoms with Crippen molar-refractivity contribution in [3.8, 4) is 0 Å². The normalized spacial score (nSPS) is 12.2. The topological polar surface area (TPSA) is 68.0 Å². The summed E-state index contributed by atoms with van der Waals surface area (Å²) in [6.07, 6.45) is 4.77. The van der Waals surface area contributed by atoms with Gasteiger partial charge in [-0.2, -0.15) is 0 Å². The van der Waals surface area contributed by atoms with E-state index >= 15 is 0 Å². The molecule has 1 atom stereocenters. The fourth-order valence-electron chi connectivity index (χ4n) is 2.44. The molecule has 1 aromatic heterocycles. The van der Waals surface area contributed by atoms with Crippen LogP contribution >= 0.6 is 0 Å². The zero-order valence-corrected chi connectivity index (χ0v) is 12.9. The van der Waals surface area contributed by atoms with Crippen LogP contribution in [0.5, 0.6) is 0 Å². The predicted octanol–water partition coefficient (Wildman–Crippen LogP) is 3.18. The largest absolute Gasteiger partial charge is 0.330 e. The fraction of sp³-hybridized carbons (Fsp3) is 0.625. The average molecular weight is 277 g/mol. The summed E-state index contributed by atoms with van der Waals surface area (Å²) in [6.45, 7) is 6.73. The summed E-state index contributed by atoms with van der Waals surface area (Å²) in [5.74, 6) is 0.630. The van der Waals surface area contributed by atoms with Crippen LogP contribution in [0.25, 0.3) is 0 Å². The molecule has 3 N–H and O–H groups in total. The van der Waals surface area contributed by atoms with Crippen molar-refractivity contribution in [2.45, 2.75) is 52.9 Å². The quantitative estimate of drug-likeness (QED) is 0.767. The molecule has 0 aliphatic heterocycles. The van der Waals surface area contributed by atoms with Gasteiger partial charge in [0.15, 0.2) is 0 Å². The molecule has 1 heterocycles. The van der Waals surface area contributed by atoms with E-state index in [1.807, 2.05) is 26.0 Å². The Morgan fingerprint density at radius 3 is 2.65 bits per heavy atom. The van der Waals surface area contributed by atoms with E-state index in [1.165, 1.54) is 0 Å². The lowest BCUT2D eigenvalue weighted by Gasteiger charge is -2.15. The van der Waals surface area contributed by atoms with Gasteiger partial charge in [0.1, 0.15) is 0 Å². The highest BCUT2D eigenvalue weighted by molar-refractivity contribution is 5.91. The molecule has 0 saturated carbocycles. The molecule has 112 valence electrons. The molecule has 20 heavy (non-hydrogen) atoms. The Hall–Kier alpha value is -1.42. The first-order valence-electron chi connectivity index (χ1n) is 7.51. The lowest BCUT2D eigenvalue weighted by molar-refractivity contribution is -0.116. The Bertz CT molecular complexity index is 426. The summed E-state index contributed by atoms with van der Waals surface area (Å²) in [6, 6.07) is 3.83. The standard InChI is InChI=1S/C16H27N3O/c1-4-5-14(10-11-17)7-9-16(20)19-15-8-6-12(2)18-13(15)3/h6,8,14H,4-5,7,9-11,17H2,1-3H3,(H,19,20). The van der Waals surface area contributed by atoms with Gasteiger partial charge in [-0.15, -0.1) is 0 Å². The van der Waals surface area contributed by atoms with Crippen molar-refractivity contribution >= 4 is 11.6 Å². The Morgan fingerprint density at radius 1 is 1.30 bits per heavy atom. The van der Waals surface area contributed by atoms with Gasteiger partial charge in [0.2, 0.25) is 5.91 Å². The van der Waals surface area contributed by atoms with E-state index in [2.05, 4.69) is 17.2 Å². The number of carbonyl (C=O) groups excluding carboxylic acids is 1. The van der Waals surface area contributed by atoms with Crippen LogP contribution in [0.15, 0.2) is 12.1 Å². The van der Waals surface area contributed by atoms with E-state index in [0.717, 1.165) is 42.8 Å². The molecule has 0 bridgehead atoms. The maximum Gasteiger partial charge on any atom is 0.224 e. The third kappa shape index (κ3) is 5.70. The van der Waals surface area contributed by atoms with E-state index in [9.17, 15) is 4.79 Å². The number of aromatic nitrogens is 1. The highest BCUT2D eigenvalue weighted by atomic mass is 16.1. The summed E-state index contributed by atoms with van der Waals surface area (Å²) >= 11 is 0. The Balaban J connectivity index is 2.46. The molecule has 0 aromatic carbocycles. The number of aryl methyl sites for hydroxylation is 2. The number of hydrogen-bond acceptors (Lipinski definition) is 3. The van der Waals surface area contributed by atoms with Gasteiger partial charge in [-0.1, -0.05) is 19.8 Å². The van der Waals surface area contributed by atoms with Crippen molar-refractivity contribution in [1.29, 1.82) is 0 Å². The minimum absolute atomic E-state index is 0.0666. The fourth-order valence-corrected chi connectivity index (χ4v) is 2.44. The number of nitrogens with two attached hydrogens (primary N) is 1. The third-order valence-electron chi connectivity index (χ3n) is 3.55. The molecule has 4 nitrogen and oxygen atoms in total. The lowest BCUT2D eigenvalue weighted by atomic mass is 9.94. The van der Waals surface area contributed by atoms with Crippen LogP contribution in [0, 0.1) is 19.8 Å². The molecule has 1 unspecified atom stereocenters. The number of amides is 1. The number of rotatable bonds is 8. The van der Waals surface area contributed by atoms with E-state index in [4.69, 9.17) is 5.73 Å². The molecule has 1 aromatic rings. The van der Waals surface area contributed by atoms with Gasteiger partial charge in [-0.25, -0.2) is 0 Å². The molecule has 0 aliphatic rings. The van der Waals surface area contributed by atoms with Crippen molar-refractivity contribution < 1.29 is 4.79 Å². The highest BCUT2D eigenvalue weighted by Gasteiger charge is 2.11. The van der Waals surface area contributed by atoms with Crippen LogP contribution in [-0.4, -0.2) is 17.4 Å². The van der Waals surface area contributed by atoms with Crippen molar-refractivity contribution in [1.82, 2.24) is 4.98 Å². The molecular weight excluding hydrogens is 250 g/mol. The number of nitrogens with one attached hydrogen (secondary N) is 1. The summed E-state index contributed by atoms with van der Waals surface area (Å²) in [5.41, 5.74) is 8.26. The molecule has 0 spiro atoms. The first-order chi connectivity index (χ1) is 9.56. The van der Waals surface area contributed by atoms with E-state index in [-0.39, 0.29) is 5.91 Å². The molecule has 0 radical (unpaired) electrons. The Labute approximate surface area is 122 Å². The lowest BCUT2D eigenvalue weighted by Crippen LogP contribution is -2.16. The second kappa shape index (κ2) is 8.69. The van der Waals surface area contributed by atoms with Gasteiger partial charge in [-0.05, 0) is 51.3 Å². The van der Waals surface area contributed by atoms with Crippen LogP contribution in [-0.2, 0) is 4.79 Å². The number of anilines is 1. The number of hydrogen-bond donors (Lipinski definition) is 2. The van der Waals surface area contributed by atoms with Crippen molar-refractivity contribution in [3.63, 3.8) is 0 Å². The van der Waals surface area contributed by atoms with Gasteiger partial charge in [-0.3, -0.25) is 9.78 Å². The molecule has 0 aliphatic carbocycles. The molecule has 4 heteroatoms. The number of pyridine rings is 1. The first-order valence-corrected chi connectivity index (χ1v) is 7.51. The van der Waals surface area contributed by atoms with Gasteiger partial charge in [0.25, 0.3) is 0 Å². The summed E-state index contributed by atoms with van der Waals surface area (Å²) in [4.78, 5) is 16.3. The smallest absolute Gasteiger partial charge is 0.224 e.